The number of nitrogens with one attached hydrogen (secondary N) is 2. The molecule has 1 aromatic rings. The van der Waals surface area contributed by atoms with E-state index in [0.717, 1.165) is 35.4 Å². The number of carbonyl (C=O) groups excluding carboxylic acids is 1. The number of anilines is 2. The summed E-state index contributed by atoms with van der Waals surface area (Å²) in [5, 5.41) is 6.48. The Morgan fingerprint density at radius 1 is 1.43 bits per heavy atom. The molecule has 1 aromatic carbocycles. The highest BCUT2D eigenvalue weighted by atomic mass is 79.9. The van der Waals surface area contributed by atoms with Crippen LogP contribution in [0, 0.1) is 11.3 Å². The van der Waals surface area contributed by atoms with Crippen LogP contribution in [0.3, 0.4) is 0 Å². The van der Waals surface area contributed by atoms with Crippen LogP contribution in [-0.2, 0) is 4.79 Å². The van der Waals surface area contributed by atoms with Crippen molar-refractivity contribution in [3.8, 4) is 0 Å². The SMILES string of the molecule is CC(C)C1(C(=O)Nc2cc(Br)ccc2N(C)C)CCNC1. The Kier molecular flexibility index (Phi) is 4.94. The molecule has 0 bridgehead atoms. The summed E-state index contributed by atoms with van der Waals surface area (Å²) in [6, 6.07) is 5.96. The number of halogens is 1. The Hall–Kier alpha value is -1.07. The second-order valence-electron chi connectivity index (χ2n) is 6.25. The third-order valence-electron chi connectivity index (χ3n) is 4.43. The summed E-state index contributed by atoms with van der Waals surface area (Å²) in [5.74, 6) is 0.422. The molecule has 0 saturated carbocycles. The molecule has 0 aliphatic carbocycles. The van der Waals surface area contributed by atoms with Crippen LogP contribution < -0.4 is 15.5 Å². The van der Waals surface area contributed by atoms with E-state index in [1.165, 1.54) is 0 Å². The van der Waals surface area contributed by atoms with Crippen LogP contribution in [-0.4, -0.2) is 33.1 Å². The average Bonchev–Trinajstić information content (AvgIpc) is 2.88. The molecule has 5 heteroatoms. The van der Waals surface area contributed by atoms with E-state index in [-0.39, 0.29) is 11.3 Å². The lowest BCUT2D eigenvalue weighted by atomic mass is 9.75. The first-order valence-electron chi connectivity index (χ1n) is 7.36. The molecule has 1 unspecified atom stereocenters. The lowest BCUT2D eigenvalue weighted by molar-refractivity contribution is -0.126. The van der Waals surface area contributed by atoms with Crippen LogP contribution >= 0.6 is 15.9 Å². The average molecular weight is 354 g/mol. The van der Waals surface area contributed by atoms with Gasteiger partial charge < -0.3 is 15.5 Å². The molecule has 0 radical (unpaired) electrons. The third kappa shape index (κ3) is 3.24. The maximum Gasteiger partial charge on any atom is 0.232 e. The predicted octanol–water partition coefficient (Wildman–Crippen LogP) is 3.09. The number of benzene rings is 1. The number of hydrogen-bond donors (Lipinski definition) is 2. The number of carbonyl (C=O) groups is 1. The molecule has 4 nitrogen and oxygen atoms in total. The maximum absolute atomic E-state index is 12.9. The van der Waals surface area contributed by atoms with E-state index < -0.39 is 0 Å². The van der Waals surface area contributed by atoms with E-state index in [9.17, 15) is 4.79 Å². The zero-order valence-electron chi connectivity index (χ0n) is 13.2. The van der Waals surface area contributed by atoms with E-state index in [1.807, 2.05) is 37.2 Å². The third-order valence-corrected chi connectivity index (χ3v) is 4.93. The fourth-order valence-electron chi connectivity index (χ4n) is 2.91. The number of hydrogen-bond acceptors (Lipinski definition) is 3. The second kappa shape index (κ2) is 6.36. The van der Waals surface area contributed by atoms with Gasteiger partial charge in [0.15, 0.2) is 0 Å². The monoisotopic (exact) mass is 353 g/mol. The zero-order chi connectivity index (χ0) is 15.6. The minimum Gasteiger partial charge on any atom is -0.376 e. The van der Waals surface area contributed by atoms with Gasteiger partial charge in [0, 0.05) is 25.1 Å². The van der Waals surface area contributed by atoms with E-state index >= 15 is 0 Å². The number of nitrogens with zero attached hydrogens (tertiary/aromatic N) is 1. The van der Waals surface area contributed by atoms with Gasteiger partial charge >= 0.3 is 0 Å². The molecule has 1 atom stereocenters. The minimum absolute atomic E-state index is 0.115. The molecule has 1 amide bonds. The highest BCUT2D eigenvalue weighted by Crippen LogP contribution is 2.37. The largest absolute Gasteiger partial charge is 0.376 e. The lowest BCUT2D eigenvalue weighted by Crippen LogP contribution is -2.42. The number of amides is 1. The van der Waals surface area contributed by atoms with Crippen molar-refractivity contribution in [3.63, 3.8) is 0 Å². The molecule has 2 N–H and O–H groups in total. The van der Waals surface area contributed by atoms with E-state index in [0.29, 0.717) is 5.92 Å². The maximum atomic E-state index is 12.9. The van der Waals surface area contributed by atoms with E-state index in [4.69, 9.17) is 0 Å². The Bertz CT molecular complexity index is 522. The van der Waals surface area contributed by atoms with Crippen molar-refractivity contribution in [1.29, 1.82) is 0 Å². The molecule has 2 rings (SSSR count). The first-order chi connectivity index (χ1) is 9.86. The van der Waals surface area contributed by atoms with Crippen LogP contribution in [0.5, 0.6) is 0 Å². The van der Waals surface area contributed by atoms with Crippen molar-refractivity contribution in [2.24, 2.45) is 11.3 Å². The molecule has 1 aliphatic rings. The van der Waals surface area contributed by atoms with Gasteiger partial charge in [0.1, 0.15) is 0 Å². The quantitative estimate of drug-likeness (QED) is 0.873. The molecule has 21 heavy (non-hydrogen) atoms. The van der Waals surface area contributed by atoms with Crippen LogP contribution in [0.15, 0.2) is 22.7 Å². The van der Waals surface area contributed by atoms with Crippen LogP contribution in [0.1, 0.15) is 20.3 Å². The molecular weight excluding hydrogens is 330 g/mol. The Morgan fingerprint density at radius 2 is 2.14 bits per heavy atom. The topological polar surface area (TPSA) is 44.4 Å². The second-order valence-corrected chi connectivity index (χ2v) is 7.16. The van der Waals surface area contributed by atoms with Crippen molar-refractivity contribution in [2.45, 2.75) is 20.3 Å². The standard InChI is InChI=1S/C16H24BrN3O/c1-11(2)16(7-8-18-10-16)15(21)19-13-9-12(17)5-6-14(13)20(3)4/h5-6,9,11,18H,7-8,10H2,1-4H3,(H,19,21). The van der Waals surface area contributed by atoms with Crippen molar-refractivity contribution in [3.05, 3.63) is 22.7 Å². The Labute approximate surface area is 135 Å². The van der Waals surface area contributed by atoms with Crippen LogP contribution in [0.2, 0.25) is 0 Å². The Balaban J connectivity index is 2.29. The number of rotatable bonds is 4. The summed E-state index contributed by atoms with van der Waals surface area (Å²) < 4.78 is 0.964. The summed E-state index contributed by atoms with van der Waals surface area (Å²) in [4.78, 5) is 14.9. The molecule has 1 fully saturated rings. The van der Waals surface area contributed by atoms with Gasteiger partial charge in [-0.25, -0.2) is 0 Å². The van der Waals surface area contributed by atoms with Gasteiger partial charge in [0.25, 0.3) is 0 Å². The molecule has 1 heterocycles. The zero-order valence-corrected chi connectivity index (χ0v) is 14.8. The van der Waals surface area contributed by atoms with Gasteiger partial charge in [-0.3, -0.25) is 4.79 Å². The van der Waals surface area contributed by atoms with Crippen molar-refractivity contribution < 1.29 is 4.79 Å². The normalized spacial score (nSPS) is 21.6. The smallest absolute Gasteiger partial charge is 0.232 e. The van der Waals surface area contributed by atoms with Gasteiger partial charge in [-0.15, -0.1) is 0 Å². The first-order valence-corrected chi connectivity index (χ1v) is 8.15. The molecule has 1 aliphatic heterocycles. The van der Waals surface area contributed by atoms with Crippen LogP contribution in [0.25, 0.3) is 0 Å². The van der Waals surface area contributed by atoms with E-state index in [2.05, 4.69) is 40.4 Å². The van der Waals surface area contributed by atoms with Gasteiger partial charge in [-0.1, -0.05) is 29.8 Å². The highest BCUT2D eigenvalue weighted by molar-refractivity contribution is 9.10. The van der Waals surface area contributed by atoms with Crippen molar-refractivity contribution in [2.75, 3.05) is 37.4 Å². The molecule has 1 saturated heterocycles. The van der Waals surface area contributed by atoms with Gasteiger partial charge in [0.05, 0.1) is 16.8 Å². The molecule has 0 spiro atoms. The van der Waals surface area contributed by atoms with E-state index in [1.54, 1.807) is 0 Å². The summed E-state index contributed by atoms with van der Waals surface area (Å²) >= 11 is 3.48. The van der Waals surface area contributed by atoms with Crippen molar-refractivity contribution in [1.82, 2.24) is 5.32 Å². The summed E-state index contributed by atoms with van der Waals surface area (Å²) in [7, 11) is 3.96. The minimum atomic E-state index is -0.314. The Morgan fingerprint density at radius 3 is 2.67 bits per heavy atom. The first kappa shape index (κ1) is 16.3. The van der Waals surface area contributed by atoms with Crippen LogP contribution in [0.4, 0.5) is 11.4 Å². The molecule has 0 aromatic heterocycles. The fourth-order valence-corrected chi connectivity index (χ4v) is 3.27. The lowest BCUT2D eigenvalue weighted by Gasteiger charge is -2.31. The summed E-state index contributed by atoms with van der Waals surface area (Å²) in [6.45, 7) is 5.91. The van der Waals surface area contributed by atoms with Gasteiger partial charge in [-0.05, 0) is 37.1 Å². The fraction of sp³-hybridized carbons (Fsp3) is 0.562. The highest BCUT2D eigenvalue weighted by Gasteiger charge is 2.44. The molecular formula is C16H24BrN3O. The predicted molar refractivity (Wildman–Crippen MR) is 91.9 cm³/mol. The van der Waals surface area contributed by atoms with Gasteiger partial charge in [-0.2, -0.15) is 0 Å². The molecule has 116 valence electrons. The van der Waals surface area contributed by atoms with Crippen molar-refractivity contribution >= 4 is 33.2 Å². The van der Waals surface area contributed by atoms with Gasteiger partial charge in [0.2, 0.25) is 5.91 Å². The summed E-state index contributed by atoms with van der Waals surface area (Å²) in [6.07, 6.45) is 0.891. The summed E-state index contributed by atoms with van der Waals surface area (Å²) in [5.41, 5.74) is 1.55.